The van der Waals surface area contributed by atoms with Crippen LogP contribution >= 0.6 is 0 Å². The van der Waals surface area contributed by atoms with Gasteiger partial charge in [0.1, 0.15) is 11.9 Å². The molecule has 0 bridgehead atoms. The Morgan fingerprint density at radius 2 is 2.15 bits per heavy atom. The molecule has 2 heterocycles. The number of aromatic nitrogens is 3. The number of carbonyl (C=O) groups is 1. The fourth-order valence-corrected chi connectivity index (χ4v) is 2.18. The second-order valence-electron chi connectivity index (χ2n) is 4.33. The van der Waals surface area contributed by atoms with Crippen LogP contribution in [0.4, 0.5) is 13.2 Å². The molecule has 0 saturated carbocycles. The Balaban J connectivity index is 2.20. The van der Waals surface area contributed by atoms with Crippen molar-refractivity contribution < 1.29 is 22.7 Å². The van der Waals surface area contributed by atoms with E-state index in [0.29, 0.717) is 0 Å². The maximum absolute atomic E-state index is 12.7. The van der Waals surface area contributed by atoms with Crippen molar-refractivity contribution in [1.82, 2.24) is 19.7 Å². The predicted octanol–water partition coefficient (Wildman–Crippen LogP) is -0.387. The van der Waals surface area contributed by atoms with Gasteiger partial charge in [0.25, 0.3) is 0 Å². The average Bonchev–Trinajstić information content (AvgIpc) is 2.82. The van der Waals surface area contributed by atoms with Gasteiger partial charge in [-0.3, -0.25) is 9.69 Å². The number of alkyl halides is 3. The first-order valence-electron chi connectivity index (χ1n) is 5.89. The molecule has 0 fully saturated rings. The monoisotopic (exact) mass is 293 g/mol. The van der Waals surface area contributed by atoms with Crippen molar-refractivity contribution in [2.24, 2.45) is 5.73 Å². The van der Waals surface area contributed by atoms with Crippen LogP contribution in [-0.2, 0) is 28.8 Å². The van der Waals surface area contributed by atoms with Gasteiger partial charge in [-0.1, -0.05) is 0 Å². The number of hydrogen-bond donors (Lipinski definition) is 1. The average molecular weight is 293 g/mol. The maximum atomic E-state index is 12.7. The lowest BCUT2D eigenvalue weighted by atomic mass is 10.2. The summed E-state index contributed by atoms with van der Waals surface area (Å²) in [6, 6.07) is -0.695. The van der Waals surface area contributed by atoms with Gasteiger partial charge >= 0.3 is 12.1 Å². The Morgan fingerprint density at radius 3 is 2.70 bits per heavy atom. The van der Waals surface area contributed by atoms with Crippen LogP contribution in [0.15, 0.2) is 0 Å². The molecule has 1 aliphatic rings. The zero-order valence-corrected chi connectivity index (χ0v) is 10.7. The Kier molecular flexibility index (Phi) is 3.95. The molecular formula is C10H14F3N5O2. The number of hydrogen-bond acceptors (Lipinski definition) is 6. The molecule has 10 heteroatoms. The molecule has 1 aromatic heterocycles. The number of fused-ring (bicyclic) bond motifs is 1. The lowest BCUT2D eigenvalue weighted by molar-refractivity contribution is -0.150. The molecule has 1 aromatic rings. The third kappa shape index (κ3) is 2.61. The van der Waals surface area contributed by atoms with E-state index in [-0.39, 0.29) is 32.0 Å². The third-order valence-electron chi connectivity index (χ3n) is 3.17. The molecule has 20 heavy (non-hydrogen) atoms. The first-order valence-corrected chi connectivity index (χ1v) is 5.89. The minimum Gasteiger partial charge on any atom is -0.468 e. The predicted molar refractivity (Wildman–Crippen MR) is 60.3 cm³/mol. The van der Waals surface area contributed by atoms with E-state index in [9.17, 15) is 18.0 Å². The number of carbonyl (C=O) groups excluding carboxylic acids is 1. The van der Waals surface area contributed by atoms with Crippen LogP contribution in [0.1, 0.15) is 11.6 Å². The fraction of sp³-hybridized carbons (Fsp3) is 0.700. The largest absolute Gasteiger partial charge is 0.468 e. The summed E-state index contributed by atoms with van der Waals surface area (Å²) >= 11 is 0. The van der Waals surface area contributed by atoms with Gasteiger partial charge in [-0.25, -0.2) is 0 Å². The second-order valence-corrected chi connectivity index (χ2v) is 4.33. The van der Waals surface area contributed by atoms with Gasteiger partial charge in [0.05, 0.1) is 13.7 Å². The summed E-state index contributed by atoms with van der Waals surface area (Å²) in [7, 11) is 1.24. The van der Waals surface area contributed by atoms with Gasteiger partial charge in [-0.2, -0.15) is 13.2 Å². The molecule has 2 rings (SSSR count). The summed E-state index contributed by atoms with van der Waals surface area (Å²) < 4.78 is 43.7. The van der Waals surface area contributed by atoms with Gasteiger partial charge < -0.3 is 15.0 Å². The minimum atomic E-state index is -4.54. The number of halogens is 3. The highest BCUT2D eigenvalue weighted by atomic mass is 19.4. The van der Waals surface area contributed by atoms with E-state index in [1.54, 1.807) is 4.90 Å². The first-order chi connectivity index (χ1) is 9.38. The Hall–Kier alpha value is -1.68. The highest BCUT2D eigenvalue weighted by Crippen LogP contribution is 2.29. The molecule has 1 unspecified atom stereocenters. The SMILES string of the molecule is COC(=O)C(CN)N1CCn2c(nnc2C(F)(F)F)C1. The number of nitrogens with two attached hydrogens (primary N) is 1. The highest BCUT2D eigenvalue weighted by molar-refractivity contribution is 5.75. The van der Waals surface area contributed by atoms with Crippen molar-refractivity contribution in [3.05, 3.63) is 11.6 Å². The van der Waals surface area contributed by atoms with Crippen LogP contribution < -0.4 is 5.73 Å². The smallest absolute Gasteiger partial charge is 0.451 e. The lowest BCUT2D eigenvalue weighted by Crippen LogP contribution is -2.50. The van der Waals surface area contributed by atoms with Gasteiger partial charge in [-0.15, -0.1) is 10.2 Å². The molecule has 0 aromatic carbocycles. The van der Waals surface area contributed by atoms with Crippen molar-refractivity contribution in [2.75, 3.05) is 20.2 Å². The standard InChI is InChI=1S/C10H14F3N5O2/c1-20-8(19)6(4-14)17-2-3-18-7(5-17)15-16-9(18)10(11,12)13/h6H,2-5,14H2,1H3. The normalized spacial score (nSPS) is 17.6. The quantitative estimate of drug-likeness (QED) is 0.764. The van der Waals surface area contributed by atoms with Crippen LogP contribution in [0, 0.1) is 0 Å². The van der Waals surface area contributed by atoms with Gasteiger partial charge in [0, 0.05) is 19.6 Å². The van der Waals surface area contributed by atoms with E-state index in [1.807, 2.05) is 0 Å². The number of methoxy groups -OCH3 is 1. The summed E-state index contributed by atoms with van der Waals surface area (Å²) in [6.07, 6.45) is -4.54. The molecule has 112 valence electrons. The van der Waals surface area contributed by atoms with Crippen LogP contribution in [0.25, 0.3) is 0 Å². The number of rotatable bonds is 3. The summed E-state index contributed by atoms with van der Waals surface area (Å²) in [4.78, 5) is 13.2. The molecule has 7 nitrogen and oxygen atoms in total. The zero-order valence-electron chi connectivity index (χ0n) is 10.7. The molecule has 0 amide bonds. The fourth-order valence-electron chi connectivity index (χ4n) is 2.18. The number of nitrogens with zero attached hydrogens (tertiary/aromatic N) is 4. The van der Waals surface area contributed by atoms with Gasteiger partial charge in [0.2, 0.25) is 5.82 Å². The molecule has 1 atom stereocenters. The lowest BCUT2D eigenvalue weighted by Gasteiger charge is -2.32. The molecule has 2 N–H and O–H groups in total. The summed E-state index contributed by atoms with van der Waals surface area (Å²) in [5.41, 5.74) is 5.51. The Labute approximate surface area is 112 Å². The summed E-state index contributed by atoms with van der Waals surface area (Å²) in [5.74, 6) is -1.38. The van der Waals surface area contributed by atoms with Crippen molar-refractivity contribution in [2.45, 2.75) is 25.3 Å². The van der Waals surface area contributed by atoms with Crippen molar-refractivity contribution >= 4 is 5.97 Å². The molecule has 0 spiro atoms. The van der Waals surface area contributed by atoms with E-state index < -0.39 is 24.0 Å². The summed E-state index contributed by atoms with van der Waals surface area (Å²) in [5, 5.41) is 6.70. The second kappa shape index (κ2) is 5.37. The molecular weight excluding hydrogens is 279 g/mol. The minimum absolute atomic E-state index is 0.0208. The highest BCUT2D eigenvalue weighted by Gasteiger charge is 2.40. The zero-order chi connectivity index (χ0) is 14.9. The molecule has 0 aliphatic carbocycles. The van der Waals surface area contributed by atoms with E-state index in [1.165, 1.54) is 7.11 Å². The topological polar surface area (TPSA) is 86.3 Å². The first kappa shape index (κ1) is 14.7. The number of ether oxygens (including phenoxy) is 1. The molecule has 0 radical (unpaired) electrons. The third-order valence-corrected chi connectivity index (χ3v) is 3.17. The van der Waals surface area contributed by atoms with Crippen LogP contribution in [0.2, 0.25) is 0 Å². The van der Waals surface area contributed by atoms with Gasteiger partial charge in [0.15, 0.2) is 0 Å². The van der Waals surface area contributed by atoms with Crippen LogP contribution in [-0.4, -0.2) is 51.9 Å². The summed E-state index contributed by atoms with van der Waals surface area (Å²) in [6.45, 7) is 0.378. The van der Waals surface area contributed by atoms with Gasteiger partial charge in [-0.05, 0) is 0 Å². The Bertz CT molecular complexity index is 502. The van der Waals surface area contributed by atoms with Crippen molar-refractivity contribution in [3.8, 4) is 0 Å². The maximum Gasteiger partial charge on any atom is 0.451 e. The van der Waals surface area contributed by atoms with Crippen molar-refractivity contribution in [1.29, 1.82) is 0 Å². The molecule has 1 aliphatic heterocycles. The van der Waals surface area contributed by atoms with E-state index in [4.69, 9.17) is 5.73 Å². The van der Waals surface area contributed by atoms with Crippen LogP contribution in [0.3, 0.4) is 0 Å². The number of esters is 1. The van der Waals surface area contributed by atoms with E-state index in [0.717, 1.165) is 4.57 Å². The van der Waals surface area contributed by atoms with Crippen molar-refractivity contribution in [3.63, 3.8) is 0 Å². The van der Waals surface area contributed by atoms with E-state index in [2.05, 4.69) is 14.9 Å². The molecule has 0 saturated heterocycles. The van der Waals surface area contributed by atoms with E-state index >= 15 is 0 Å². The Morgan fingerprint density at radius 1 is 1.45 bits per heavy atom. The van der Waals surface area contributed by atoms with Crippen LogP contribution in [0.5, 0.6) is 0 Å².